The molecule has 6 nitrogen and oxygen atoms in total. The van der Waals surface area contributed by atoms with E-state index in [1.807, 2.05) is 0 Å². The Labute approximate surface area is 145 Å². The van der Waals surface area contributed by atoms with Gasteiger partial charge in [0.15, 0.2) is 0 Å². The first-order chi connectivity index (χ1) is 11.4. The maximum atomic E-state index is 12.5. The van der Waals surface area contributed by atoms with Gasteiger partial charge in [-0.1, -0.05) is 29.8 Å². The number of ether oxygens (including phenoxy) is 1. The highest BCUT2D eigenvalue weighted by Gasteiger charge is 2.16. The summed E-state index contributed by atoms with van der Waals surface area (Å²) in [7, 11) is -3.83. The second-order valence-electron chi connectivity index (χ2n) is 4.80. The summed E-state index contributed by atoms with van der Waals surface area (Å²) in [6, 6.07) is 12.5. The van der Waals surface area contributed by atoms with Crippen molar-refractivity contribution in [2.75, 3.05) is 23.3 Å². The smallest absolute Gasteiger partial charge is 0.262 e. The molecule has 0 aliphatic carbocycles. The third-order valence-corrected chi connectivity index (χ3v) is 4.68. The van der Waals surface area contributed by atoms with Gasteiger partial charge in [-0.3, -0.25) is 9.52 Å². The number of carbonyl (C=O) groups is 1. The summed E-state index contributed by atoms with van der Waals surface area (Å²) in [5.74, 6) is -0.356. The molecule has 2 aromatic rings. The molecule has 2 N–H and O–H groups in total. The number of amides is 1. The van der Waals surface area contributed by atoms with Crippen LogP contribution in [0, 0.1) is 0 Å². The van der Waals surface area contributed by atoms with E-state index in [9.17, 15) is 13.2 Å². The molecule has 0 saturated heterocycles. The maximum absolute atomic E-state index is 12.5. The van der Waals surface area contributed by atoms with Crippen LogP contribution in [0.4, 0.5) is 11.4 Å². The minimum Gasteiger partial charge on any atom is -0.372 e. The number of anilines is 2. The number of nitrogens with one attached hydrogen (secondary N) is 2. The van der Waals surface area contributed by atoms with Gasteiger partial charge in [0.05, 0.1) is 15.6 Å². The Morgan fingerprint density at radius 2 is 1.92 bits per heavy atom. The fourth-order valence-electron chi connectivity index (χ4n) is 1.88. The lowest BCUT2D eigenvalue weighted by Crippen LogP contribution is -2.19. The Kier molecular flexibility index (Phi) is 6.19. The summed E-state index contributed by atoms with van der Waals surface area (Å²) in [5.41, 5.74) is 0.645. The average Bonchev–Trinajstić information content (AvgIpc) is 2.55. The molecule has 0 bridgehead atoms. The van der Waals surface area contributed by atoms with Crippen LogP contribution in [0.5, 0.6) is 0 Å². The molecule has 128 valence electrons. The predicted octanol–water partition coefficient (Wildman–Crippen LogP) is 3.12. The van der Waals surface area contributed by atoms with Crippen molar-refractivity contribution in [1.82, 2.24) is 0 Å². The minimum absolute atomic E-state index is 0.0108. The summed E-state index contributed by atoms with van der Waals surface area (Å²) in [4.78, 5) is 11.7. The van der Waals surface area contributed by atoms with Crippen LogP contribution in [0.1, 0.15) is 6.92 Å². The number of para-hydroxylation sites is 1. The lowest BCUT2D eigenvalue weighted by atomic mass is 10.3. The van der Waals surface area contributed by atoms with E-state index in [4.69, 9.17) is 16.3 Å². The van der Waals surface area contributed by atoms with Crippen LogP contribution >= 0.6 is 11.6 Å². The van der Waals surface area contributed by atoms with Gasteiger partial charge < -0.3 is 10.1 Å². The summed E-state index contributed by atoms with van der Waals surface area (Å²) in [6.45, 7) is 2.11. The van der Waals surface area contributed by atoms with Crippen molar-refractivity contribution in [1.29, 1.82) is 0 Å². The van der Waals surface area contributed by atoms with Gasteiger partial charge in [0.2, 0.25) is 5.91 Å². The van der Waals surface area contributed by atoms with E-state index in [1.165, 1.54) is 18.2 Å². The molecule has 8 heteroatoms. The normalized spacial score (nSPS) is 11.1. The number of carbonyl (C=O) groups excluding carboxylic acids is 1. The lowest BCUT2D eigenvalue weighted by Gasteiger charge is -2.11. The number of halogens is 1. The Morgan fingerprint density at radius 3 is 2.62 bits per heavy atom. The molecule has 24 heavy (non-hydrogen) atoms. The molecule has 2 rings (SSSR count). The summed E-state index contributed by atoms with van der Waals surface area (Å²) in [5, 5.41) is 2.88. The van der Waals surface area contributed by atoms with Crippen LogP contribution in [0.3, 0.4) is 0 Å². The molecule has 0 spiro atoms. The van der Waals surface area contributed by atoms with Gasteiger partial charge in [0.25, 0.3) is 10.0 Å². The zero-order chi connectivity index (χ0) is 17.6. The van der Waals surface area contributed by atoms with Gasteiger partial charge in [-0.15, -0.1) is 0 Å². The van der Waals surface area contributed by atoms with E-state index in [2.05, 4.69) is 10.0 Å². The van der Waals surface area contributed by atoms with Gasteiger partial charge in [-0.2, -0.15) is 0 Å². The fourth-order valence-corrected chi connectivity index (χ4v) is 3.24. The molecule has 0 aromatic heterocycles. The van der Waals surface area contributed by atoms with Gasteiger partial charge in [0, 0.05) is 12.3 Å². The third kappa shape index (κ3) is 4.95. The Balaban J connectivity index is 2.17. The third-order valence-electron chi connectivity index (χ3n) is 2.98. The highest BCUT2D eigenvalue weighted by Crippen LogP contribution is 2.24. The molecular formula is C16H17ClN2O4S. The molecule has 0 fully saturated rings. The van der Waals surface area contributed by atoms with Crippen LogP contribution in [-0.4, -0.2) is 27.5 Å². The number of hydrogen-bond donors (Lipinski definition) is 2. The summed E-state index contributed by atoms with van der Waals surface area (Å²) >= 11 is 5.97. The monoisotopic (exact) mass is 368 g/mol. The molecular weight excluding hydrogens is 352 g/mol. The molecule has 0 aliphatic heterocycles. The van der Waals surface area contributed by atoms with Gasteiger partial charge in [-0.05, 0) is 37.3 Å². The SMILES string of the molecule is CCOCC(=O)Nc1cccc(S(=O)(=O)Nc2ccccc2Cl)c1. The molecule has 0 atom stereocenters. The quantitative estimate of drug-likeness (QED) is 0.786. The number of benzene rings is 2. The van der Waals surface area contributed by atoms with E-state index in [0.717, 1.165) is 0 Å². The molecule has 2 aromatic carbocycles. The van der Waals surface area contributed by atoms with Crippen LogP contribution in [0.15, 0.2) is 53.4 Å². The number of rotatable bonds is 7. The Morgan fingerprint density at radius 1 is 1.17 bits per heavy atom. The van der Waals surface area contributed by atoms with E-state index >= 15 is 0 Å². The first-order valence-corrected chi connectivity index (χ1v) is 9.03. The van der Waals surface area contributed by atoms with Crippen molar-refractivity contribution < 1.29 is 17.9 Å². The first kappa shape index (κ1) is 18.3. The molecule has 1 amide bonds. The summed E-state index contributed by atoms with van der Waals surface area (Å²) in [6.07, 6.45) is 0. The van der Waals surface area contributed by atoms with E-state index in [0.29, 0.717) is 17.3 Å². The van der Waals surface area contributed by atoms with Crippen molar-refractivity contribution in [3.05, 3.63) is 53.6 Å². The van der Waals surface area contributed by atoms with Gasteiger partial charge in [-0.25, -0.2) is 8.42 Å². The Hall–Kier alpha value is -2.09. The molecule has 0 unspecified atom stereocenters. The fraction of sp³-hybridized carbons (Fsp3) is 0.188. The average molecular weight is 369 g/mol. The van der Waals surface area contributed by atoms with Crippen molar-refractivity contribution in [3.8, 4) is 0 Å². The van der Waals surface area contributed by atoms with Crippen LogP contribution < -0.4 is 10.0 Å². The van der Waals surface area contributed by atoms with Gasteiger partial charge >= 0.3 is 0 Å². The second kappa shape index (κ2) is 8.14. The minimum atomic E-state index is -3.83. The van der Waals surface area contributed by atoms with E-state index in [1.54, 1.807) is 37.3 Å². The van der Waals surface area contributed by atoms with Crippen LogP contribution in [0.2, 0.25) is 5.02 Å². The zero-order valence-electron chi connectivity index (χ0n) is 13.0. The second-order valence-corrected chi connectivity index (χ2v) is 6.89. The van der Waals surface area contributed by atoms with Crippen molar-refractivity contribution >= 4 is 38.9 Å². The van der Waals surface area contributed by atoms with E-state index in [-0.39, 0.29) is 23.1 Å². The van der Waals surface area contributed by atoms with E-state index < -0.39 is 10.0 Å². The lowest BCUT2D eigenvalue weighted by molar-refractivity contribution is -0.120. The standard InChI is InChI=1S/C16H17ClN2O4S/c1-2-23-11-16(20)18-12-6-5-7-13(10-12)24(21,22)19-15-9-4-3-8-14(15)17/h3-10,19H,2,11H2,1H3,(H,18,20). The highest BCUT2D eigenvalue weighted by atomic mass is 35.5. The Bertz CT molecular complexity index is 824. The van der Waals surface area contributed by atoms with Crippen molar-refractivity contribution in [2.45, 2.75) is 11.8 Å². The summed E-state index contributed by atoms with van der Waals surface area (Å²) < 4.78 is 32.3. The predicted molar refractivity (Wildman–Crippen MR) is 93.8 cm³/mol. The maximum Gasteiger partial charge on any atom is 0.262 e. The van der Waals surface area contributed by atoms with Crippen LogP contribution in [-0.2, 0) is 19.6 Å². The zero-order valence-corrected chi connectivity index (χ0v) is 14.5. The number of sulfonamides is 1. The first-order valence-electron chi connectivity index (χ1n) is 7.17. The molecule has 0 aliphatic rings. The van der Waals surface area contributed by atoms with Crippen molar-refractivity contribution in [2.24, 2.45) is 0 Å². The largest absolute Gasteiger partial charge is 0.372 e. The molecule has 0 heterocycles. The van der Waals surface area contributed by atoms with Crippen LogP contribution in [0.25, 0.3) is 0 Å². The molecule has 0 radical (unpaired) electrons. The topological polar surface area (TPSA) is 84.5 Å². The van der Waals surface area contributed by atoms with Crippen molar-refractivity contribution in [3.63, 3.8) is 0 Å². The molecule has 0 saturated carbocycles. The highest BCUT2D eigenvalue weighted by molar-refractivity contribution is 7.92. The van der Waals surface area contributed by atoms with Gasteiger partial charge in [0.1, 0.15) is 6.61 Å². The number of hydrogen-bond acceptors (Lipinski definition) is 4.